The molecule has 2 aliphatic carbocycles. The van der Waals surface area contributed by atoms with Gasteiger partial charge >= 0.3 is 11.9 Å². The highest BCUT2D eigenvalue weighted by molar-refractivity contribution is 6.30. The van der Waals surface area contributed by atoms with Crippen molar-refractivity contribution in [3.63, 3.8) is 0 Å². The highest BCUT2D eigenvalue weighted by Gasteiger charge is 2.72. The van der Waals surface area contributed by atoms with Gasteiger partial charge in [0.25, 0.3) is 0 Å². The van der Waals surface area contributed by atoms with Gasteiger partial charge in [-0.3, -0.25) is 14.6 Å². The molecule has 0 amide bonds. The van der Waals surface area contributed by atoms with Crippen molar-refractivity contribution in [3.8, 4) is 23.0 Å². The number of benzene rings is 3. The van der Waals surface area contributed by atoms with Crippen LogP contribution in [0, 0.1) is 23.7 Å². The number of hydrogen-bond donors (Lipinski definition) is 5. The molecule has 77 heavy (non-hydrogen) atoms. The van der Waals surface area contributed by atoms with E-state index in [9.17, 15) is 39.9 Å². The molecule has 4 heterocycles. The minimum absolute atomic E-state index is 0.00976. The van der Waals surface area contributed by atoms with Gasteiger partial charge in [0, 0.05) is 46.6 Å². The molecule has 0 radical (unpaired) electrons. The summed E-state index contributed by atoms with van der Waals surface area (Å²) in [5, 5.41) is 54.8. The molecule has 4 aliphatic heterocycles. The zero-order valence-corrected chi connectivity index (χ0v) is 45.2. The molecule has 1 spiro atoms. The monoisotopic (exact) mass is 1060 g/mol. The van der Waals surface area contributed by atoms with E-state index in [2.05, 4.69) is 6.08 Å². The second-order valence-electron chi connectivity index (χ2n) is 22.2. The molecule has 6 aliphatic rings. The standard InChI is InChI=1S/C61H69NO15/c1-30(2)14-13-25-59(9)26-24-40-53(76-59)39(22-17-31(3)4)55-45(54(40)75-57(70)35-18-20-36(21-19-35)73-58-52(68)51(67)50(66)42(29-63)74-58)48-46(34(8)44-47(62-48)37-15-11-12-16-38(37)49(44)65)61(77-55)41(32(5)6)28-43(64)60(61,71)27-23-33(7)56(69)72-10/h11-12,14-21,23-24,26,32,34,41-42,44,50-52,58,63,66-68,71H,13,22,25,27-29H2,1-10H3/b33-23-/t34?,41?,42-,44?,50-,51+,52-,58-,59?,60?,61?/m0/s1. The molecule has 9 rings (SSSR count). The van der Waals surface area contributed by atoms with Crippen molar-refractivity contribution < 1.29 is 73.1 Å². The third-order valence-corrected chi connectivity index (χ3v) is 16.1. The van der Waals surface area contributed by atoms with Gasteiger partial charge in [0.2, 0.25) is 6.29 Å². The molecule has 3 aromatic carbocycles. The number of hydrogen-bond acceptors (Lipinski definition) is 16. The fourth-order valence-electron chi connectivity index (χ4n) is 12.0. The number of ether oxygens (including phenoxy) is 6. The zero-order valence-electron chi connectivity index (χ0n) is 45.2. The lowest BCUT2D eigenvalue weighted by Crippen LogP contribution is -2.65. The Morgan fingerprint density at radius 2 is 1.58 bits per heavy atom. The Labute approximate surface area is 448 Å². The molecule has 16 heteroatoms. The topological polar surface area (TPSA) is 237 Å². The lowest BCUT2D eigenvalue weighted by molar-refractivity contribution is -0.277. The first-order valence-corrected chi connectivity index (χ1v) is 26.3. The summed E-state index contributed by atoms with van der Waals surface area (Å²) >= 11 is 0. The Balaban J connectivity index is 1.30. The van der Waals surface area contributed by atoms with E-state index in [-0.39, 0.29) is 70.6 Å². The fourth-order valence-corrected chi connectivity index (χ4v) is 12.0. The van der Waals surface area contributed by atoms with Crippen molar-refractivity contribution in [1.82, 2.24) is 0 Å². The number of aliphatic imine (C=N–C) groups is 1. The summed E-state index contributed by atoms with van der Waals surface area (Å²) in [7, 11) is 1.25. The number of ketones is 2. The second-order valence-corrected chi connectivity index (χ2v) is 22.2. The van der Waals surface area contributed by atoms with Crippen LogP contribution < -0.4 is 18.9 Å². The van der Waals surface area contributed by atoms with Gasteiger partial charge in [0.05, 0.1) is 47.7 Å². The third-order valence-electron chi connectivity index (χ3n) is 16.1. The molecule has 16 nitrogen and oxygen atoms in total. The Morgan fingerprint density at radius 3 is 2.23 bits per heavy atom. The molecule has 6 unspecified atom stereocenters. The average Bonchev–Trinajstić information content (AvgIpc) is 3.86. The summed E-state index contributed by atoms with van der Waals surface area (Å²) in [6.45, 7) is 16.6. The Morgan fingerprint density at radius 1 is 0.896 bits per heavy atom. The van der Waals surface area contributed by atoms with Gasteiger partial charge in [0.1, 0.15) is 47.3 Å². The SMILES string of the molecule is COC(=O)/C(C)=C\CC1(O)C(=O)CC(C(C)C)C12Oc1c(CC=C(C)C)c3c(c(OC(=O)c4ccc(O[C@H]5O[C@@H](CO)[C@H](O)[C@@H](O)[C@@H]5O)cc4)c1C1=C2C(C)C2C(=O)c4ccccc4C2=N1)C=CC(C)(CCC=C(C)C)O3. The lowest BCUT2D eigenvalue weighted by atomic mass is 9.61. The second kappa shape index (κ2) is 21.0. The maximum absolute atomic E-state index is 15.1. The number of nitrogens with zero attached hydrogens (tertiary/aromatic N) is 1. The summed E-state index contributed by atoms with van der Waals surface area (Å²) in [6.07, 6.45) is 2.81. The Bertz CT molecular complexity index is 3100. The van der Waals surface area contributed by atoms with Crippen molar-refractivity contribution in [2.24, 2.45) is 28.7 Å². The Hall–Kier alpha value is -6.53. The maximum Gasteiger partial charge on any atom is 0.343 e. The number of esters is 2. The normalized spacial score (nSPS) is 29.8. The van der Waals surface area contributed by atoms with Gasteiger partial charge < -0.3 is 54.0 Å². The molecule has 11 atom stereocenters. The summed E-state index contributed by atoms with van der Waals surface area (Å²) in [4.78, 5) is 63.2. The number of carbonyl (C=O) groups is 4. The molecule has 0 bridgehead atoms. The fraction of sp³-hybridized carbons (Fsp3) is 0.459. The molecule has 2 fully saturated rings. The minimum atomic E-state index is -2.36. The van der Waals surface area contributed by atoms with Crippen LogP contribution >= 0.6 is 0 Å². The van der Waals surface area contributed by atoms with E-state index >= 15 is 4.79 Å². The van der Waals surface area contributed by atoms with Gasteiger partial charge in [-0.25, -0.2) is 9.59 Å². The summed E-state index contributed by atoms with van der Waals surface area (Å²) < 4.78 is 38.0. The third kappa shape index (κ3) is 9.39. The first-order chi connectivity index (χ1) is 36.5. The van der Waals surface area contributed by atoms with E-state index in [4.69, 9.17) is 33.4 Å². The van der Waals surface area contributed by atoms with E-state index in [1.165, 1.54) is 37.5 Å². The van der Waals surface area contributed by atoms with Crippen LogP contribution in [-0.4, -0.2) is 116 Å². The van der Waals surface area contributed by atoms with Gasteiger partial charge in [-0.15, -0.1) is 0 Å². The molecule has 1 saturated heterocycles. The first-order valence-electron chi connectivity index (χ1n) is 26.3. The lowest BCUT2D eigenvalue weighted by Gasteiger charge is -2.53. The van der Waals surface area contributed by atoms with Crippen molar-refractivity contribution in [2.75, 3.05) is 13.7 Å². The first kappa shape index (κ1) is 55.2. The van der Waals surface area contributed by atoms with Crippen LogP contribution in [0.25, 0.3) is 11.8 Å². The van der Waals surface area contributed by atoms with E-state index < -0.39 is 89.6 Å². The van der Waals surface area contributed by atoms with Crippen LogP contribution in [0.4, 0.5) is 0 Å². The summed E-state index contributed by atoms with van der Waals surface area (Å²) in [5.41, 5.74) is 0.556. The van der Waals surface area contributed by atoms with Crippen molar-refractivity contribution in [1.29, 1.82) is 0 Å². The predicted molar refractivity (Wildman–Crippen MR) is 286 cm³/mol. The molecular weight excluding hydrogens is 987 g/mol. The molecule has 0 aromatic heterocycles. The van der Waals surface area contributed by atoms with Gasteiger partial charge in [-0.05, 0) is 109 Å². The quantitative estimate of drug-likeness (QED) is 0.0449. The summed E-state index contributed by atoms with van der Waals surface area (Å²) in [6, 6.07) is 13.0. The number of allylic oxidation sites excluding steroid dienone is 4. The van der Waals surface area contributed by atoms with Gasteiger partial charge in [0.15, 0.2) is 28.5 Å². The number of aliphatic hydroxyl groups excluding tert-OH is 4. The van der Waals surface area contributed by atoms with Gasteiger partial charge in [-0.1, -0.05) is 74.4 Å². The molecule has 5 N–H and O–H groups in total. The largest absolute Gasteiger partial charge is 0.482 e. The molecule has 3 aromatic rings. The van der Waals surface area contributed by atoms with Crippen LogP contribution in [-0.2, 0) is 25.5 Å². The van der Waals surface area contributed by atoms with Gasteiger partial charge in [-0.2, -0.15) is 0 Å². The number of carbonyl (C=O) groups excluding carboxylic acids is 4. The number of Topliss-reactive ketones (excluding diaryl/α,β-unsaturated/α-hetero) is 2. The average molecular weight is 1060 g/mol. The van der Waals surface area contributed by atoms with Crippen LogP contribution in [0.15, 0.2) is 100 Å². The van der Waals surface area contributed by atoms with E-state index in [0.717, 1.165) is 11.1 Å². The predicted octanol–water partition coefficient (Wildman–Crippen LogP) is 7.78. The number of aliphatic hydroxyl groups is 5. The minimum Gasteiger partial charge on any atom is -0.482 e. The van der Waals surface area contributed by atoms with E-state index in [1.54, 1.807) is 19.1 Å². The van der Waals surface area contributed by atoms with Crippen LogP contribution in [0.2, 0.25) is 0 Å². The van der Waals surface area contributed by atoms with Crippen LogP contribution in [0.3, 0.4) is 0 Å². The summed E-state index contributed by atoms with van der Waals surface area (Å²) in [5.74, 6) is -4.20. The van der Waals surface area contributed by atoms with Crippen LogP contribution in [0.5, 0.6) is 23.0 Å². The van der Waals surface area contributed by atoms with Crippen LogP contribution in [0.1, 0.15) is 131 Å². The molecular formula is C61H69NO15. The molecule has 408 valence electrons. The van der Waals surface area contributed by atoms with E-state index in [0.29, 0.717) is 52.1 Å². The maximum atomic E-state index is 15.1. The van der Waals surface area contributed by atoms with Crippen molar-refractivity contribution >= 4 is 41.0 Å². The van der Waals surface area contributed by atoms with E-state index in [1.807, 2.05) is 85.8 Å². The number of methoxy groups -OCH3 is 1. The zero-order chi connectivity index (χ0) is 55.6. The highest BCUT2D eigenvalue weighted by atomic mass is 16.7. The van der Waals surface area contributed by atoms with Crippen molar-refractivity contribution in [3.05, 3.63) is 129 Å². The number of rotatable bonds is 14. The number of fused-ring (bicyclic) bond motifs is 7. The Kier molecular flexibility index (Phi) is 15.1. The van der Waals surface area contributed by atoms with Crippen molar-refractivity contribution in [2.45, 2.75) is 142 Å². The molecule has 1 saturated carbocycles. The smallest absolute Gasteiger partial charge is 0.343 e. The highest BCUT2D eigenvalue weighted by Crippen LogP contribution is 2.65.